The van der Waals surface area contributed by atoms with Crippen LogP contribution in [-0.4, -0.2) is 19.3 Å². The van der Waals surface area contributed by atoms with E-state index in [9.17, 15) is 4.79 Å². The fraction of sp³-hybridized carbons (Fsp3) is 0.462. The first-order valence-electron chi connectivity index (χ1n) is 6.61. The van der Waals surface area contributed by atoms with Crippen molar-refractivity contribution in [2.24, 2.45) is 13.0 Å². The first-order valence-corrected chi connectivity index (χ1v) is 6.98. The van der Waals surface area contributed by atoms with Gasteiger partial charge in [-0.2, -0.15) is 5.10 Å². The molecule has 0 aromatic carbocycles. The lowest BCUT2D eigenvalue weighted by molar-refractivity contribution is 0.534. The summed E-state index contributed by atoms with van der Waals surface area (Å²) in [6, 6.07) is 0. The van der Waals surface area contributed by atoms with Crippen LogP contribution in [0.3, 0.4) is 0 Å². The van der Waals surface area contributed by atoms with Crippen LogP contribution in [0.15, 0.2) is 23.4 Å². The van der Waals surface area contributed by atoms with Crippen molar-refractivity contribution in [1.29, 1.82) is 0 Å². The van der Waals surface area contributed by atoms with Crippen molar-refractivity contribution >= 4 is 17.3 Å². The molecule has 0 saturated heterocycles. The smallest absolute Gasteiger partial charge is 0.291 e. The topological polar surface area (TPSA) is 64.7 Å². The third-order valence-corrected chi connectivity index (χ3v) is 3.76. The van der Waals surface area contributed by atoms with Gasteiger partial charge in [-0.05, 0) is 18.8 Å². The fourth-order valence-electron chi connectivity index (χ4n) is 2.04. The number of hydrogen-bond acceptors (Lipinski definition) is 4. The van der Waals surface area contributed by atoms with Crippen LogP contribution in [0.1, 0.15) is 18.7 Å². The quantitative estimate of drug-likeness (QED) is 0.910. The Kier molecular flexibility index (Phi) is 3.48. The Morgan fingerprint density at radius 2 is 2.30 bits per heavy atom. The second-order valence-electron chi connectivity index (χ2n) is 5.11. The number of aromatic nitrogens is 4. The zero-order valence-corrected chi connectivity index (χ0v) is 12.0. The van der Waals surface area contributed by atoms with Crippen molar-refractivity contribution < 1.29 is 0 Å². The molecular weight excluding hydrogens is 278 g/mol. The molecule has 6 nitrogen and oxygen atoms in total. The molecule has 0 radical (unpaired) electrons. The Hall–Kier alpha value is -1.82. The van der Waals surface area contributed by atoms with Gasteiger partial charge in [0.2, 0.25) is 0 Å². The minimum atomic E-state index is -0.168. The monoisotopic (exact) mass is 293 g/mol. The van der Waals surface area contributed by atoms with Gasteiger partial charge in [0.15, 0.2) is 0 Å². The lowest BCUT2D eigenvalue weighted by atomic mass is 10.4. The number of rotatable bonds is 5. The molecule has 106 valence electrons. The van der Waals surface area contributed by atoms with E-state index in [1.807, 2.05) is 17.8 Å². The number of nitrogens with one attached hydrogen (secondary N) is 1. The predicted octanol–water partition coefficient (Wildman–Crippen LogP) is 1.65. The number of hydrogen-bond donors (Lipinski definition) is 1. The molecule has 0 amide bonds. The molecule has 0 atom stereocenters. The zero-order valence-electron chi connectivity index (χ0n) is 11.2. The normalized spacial score (nSPS) is 14.5. The maximum absolute atomic E-state index is 12.3. The van der Waals surface area contributed by atoms with Crippen LogP contribution >= 0.6 is 11.6 Å². The first kappa shape index (κ1) is 13.2. The highest BCUT2D eigenvalue weighted by atomic mass is 35.5. The van der Waals surface area contributed by atoms with E-state index in [1.54, 1.807) is 6.20 Å². The number of imidazole rings is 1. The van der Waals surface area contributed by atoms with Gasteiger partial charge in [0.05, 0.1) is 17.8 Å². The molecule has 0 bridgehead atoms. The van der Waals surface area contributed by atoms with Gasteiger partial charge in [-0.1, -0.05) is 11.6 Å². The summed E-state index contributed by atoms with van der Waals surface area (Å²) >= 11 is 6.07. The van der Waals surface area contributed by atoms with Gasteiger partial charge in [-0.25, -0.2) is 9.67 Å². The van der Waals surface area contributed by atoms with Crippen LogP contribution in [0.4, 0.5) is 5.69 Å². The molecule has 1 saturated carbocycles. The summed E-state index contributed by atoms with van der Waals surface area (Å²) in [5.41, 5.74) is 0.226. The summed E-state index contributed by atoms with van der Waals surface area (Å²) in [5.74, 6) is 1.43. The Balaban J connectivity index is 1.80. The van der Waals surface area contributed by atoms with E-state index in [4.69, 9.17) is 11.6 Å². The maximum Gasteiger partial charge on any atom is 0.291 e. The largest absolute Gasteiger partial charge is 0.372 e. The number of anilines is 1. The van der Waals surface area contributed by atoms with Crippen LogP contribution < -0.4 is 10.9 Å². The lowest BCUT2D eigenvalue weighted by Gasteiger charge is -2.10. The molecule has 1 N–H and O–H groups in total. The molecular formula is C13H16ClN5O. The highest BCUT2D eigenvalue weighted by Gasteiger charge is 2.23. The highest BCUT2D eigenvalue weighted by Crippen LogP contribution is 2.30. The van der Waals surface area contributed by atoms with Gasteiger partial charge in [0.25, 0.3) is 5.56 Å². The fourth-order valence-corrected chi connectivity index (χ4v) is 2.23. The molecule has 2 aromatic rings. The SMILES string of the molecule is Cn1ccnc1CNc1c(Cl)cnn(CC2CC2)c1=O. The summed E-state index contributed by atoms with van der Waals surface area (Å²) in [5, 5.41) is 7.51. The van der Waals surface area contributed by atoms with Crippen molar-refractivity contribution in [3.05, 3.63) is 39.8 Å². The summed E-state index contributed by atoms with van der Waals surface area (Å²) < 4.78 is 3.38. The van der Waals surface area contributed by atoms with Crippen molar-refractivity contribution in [2.45, 2.75) is 25.9 Å². The van der Waals surface area contributed by atoms with Crippen LogP contribution in [0.2, 0.25) is 5.02 Å². The standard InChI is InChI=1S/C13H16ClN5O/c1-18-5-4-15-11(18)7-16-12-10(14)6-17-19(13(12)20)8-9-2-3-9/h4-6,9,16H,2-3,7-8H2,1H3. The van der Waals surface area contributed by atoms with Gasteiger partial charge in [0.1, 0.15) is 11.5 Å². The van der Waals surface area contributed by atoms with Crippen LogP contribution in [0.5, 0.6) is 0 Å². The third-order valence-electron chi connectivity index (χ3n) is 3.47. The van der Waals surface area contributed by atoms with Gasteiger partial charge in [-0.3, -0.25) is 4.79 Å². The van der Waals surface area contributed by atoms with E-state index in [2.05, 4.69) is 15.4 Å². The average molecular weight is 294 g/mol. The molecule has 2 heterocycles. The molecule has 2 aromatic heterocycles. The van der Waals surface area contributed by atoms with E-state index in [0.29, 0.717) is 29.7 Å². The van der Waals surface area contributed by atoms with E-state index in [0.717, 1.165) is 5.82 Å². The predicted molar refractivity (Wildman–Crippen MR) is 76.8 cm³/mol. The summed E-state index contributed by atoms with van der Waals surface area (Å²) in [7, 11) is 1.91. The van der Waals surface area contributed by atoms with E-state index < -0.39 is 0 Å². The number of nitrogens with zero attached hydrogens (tertiary/aromatic N) is 4. The zero-order chi connectivity index (χ0) is 14.1. The van der Waals surface area contributed by atoms with Crippen LogP contribution in [-0.2, 0) is 20.1 Å². The Bertz CT molecular complexity index is 674. The molecule has 3 rings (SSSR count). The third kappa shape index (κ3) is 2.70. The summed E-state index contributed by atoms with van der Waals surface area (Å²) in [6.07, 6.45) is 7.44. The van der Waals surface area contributed by atoms with E-state index in [-0.39, 0.29) is 5.56 Å². The molecule has 0 unspecified atom stereocenters. The molecule has 0 spiro atoms. The van der Waals surface area contributed by atoms with Crippen molar-refractivity contribution in [3.63, 3.8) is 0 Å². The molecule has 20 heavy (non-hydrogen) atoms. The second kappa shape index (κ2) is 5.28. The Morgan fingerprint density at radius 1 is 1.50 bits per heavy atom. The van der Waals surface area contributed by atoms with Gasteiger partial charge in [0, 0.05) is 26.0 Å². The number of aryl methyl sites for hydroxylation is 1. The second-order valence-corrected chi connectivity index (χ2v) is 5.51. The van der Waals surface area contributed by atoms with E-state index in [1.165, 1.54) is 23.7 Å². The minimum absolute atomic E-state index is 0.168. The lowest BCUT2D eigenvalue weighted by Crippen LogP contribution is -2.27. The van der Waals surface area contributed by atoms with Crippen LogP contribution in [0.25, 0.3) is 0 Å². The van der Waals surface area contributed by atoms with Gasteiger partial charge < -0.3 is 9.88 Å². The number of halogens is 1. The van der Waals surface area contributed by atoms with Crippen molar-refractivity contribution in [3.8, 4) is 0 Å². The van der Waals surface area contributed by atoms with Crippen LogP contribution in [0, 0.1) is 5.92 Å². The molecule has 1 aliphatic carbocycles. The minimum Gasteiger partial charge on any atom is -0.372 e. The Labute approximate surface area is 121 Å². The molecule has 1 aliphatic rings. The maximum atomic E-state index is 12.3. The summed E-state index contributed by atoms with van der Waals surface area (Å²) in [6.45, 7) is 1.12. The first-order chi connectivity index (χ1) is 9.65. The molecule has 7 heteroatoms. The summed E-state index contributed by atoms with van der Waals surface area (Å²) in [4.78, 5) is 16.5. The van der Waals surface area contributed by atoms with Crippen molar-refractivity contribution in [2.75, 3.05) is 5.32 Å². The van der Waals surface area contributed by atoms with E-state index >= 15 is 0 Å². The van der Waals surface area contributed by atoms with Gasteiger partial charge >= 0.3 is 0 Å². The Morgan fingerprint density at radius 3 is 2.95 bits per heavy atom. The van der Waals surface area contributed by atoms with Gasteiger partial charge in [-0.15, -0.1) is 0 Å². The van der Waals surface area contributed by atoms with Crippen molar-refractivity contribution in [1.82, 2.24) is 19.3 Å². The molecule has 0 aliphatic heterocycles. The highest BCUT2D eigenvalue weighted by molar-refractivity contribution is 6.32. The average Bonchev–Trinajstić information content (AvgIpc) is 3.15. The molecule has 1 fully saturated rings.